The summed E-state index contributed by atoms with van der Waals surface area (Å²) in [6.45, 7) is 5.34. The third-order valence-corrected chi connectivity index (χ3v) is 3.86. The summed E-state index contributed by atoms with van der Waals surface area (Å²) in [5.74, 6) is 0.481. The summed E-state index contributed by atoms with van der Waals surface area (Å²) in [4.78, 5) is 15.3. The van der Waals surface area contributed by atoms with E-state index in [9.17, 15) is 10.1 Å². The lowest BCUT2D eigenvalue weighted by Crippen LogP contribution is -2.52. The van der Waals surface area contributed by atoms with Crippen molar-refractivity contribution in [1.82, 2.24) is 19.6 Å². The molecular formula is C12H22N6O2. The Bertz CT molecular complexity index is 500. The van der Waals surface area contributed by atoms with Crippen LogP contribution in [-0.4, -0.2) is 70.8 Å². The van der Waals surface area contributed by atoms with E-state index in [-0.39, 0.29) is 10.6 Å². The quantitative estimate of drug-likeness (QED) is 0.632. The molecule has 1 unspecified atom stereocenters. The average Bonchev–Trinajstić information content (AvgIpc) is 2.65. The second-order valence-electron chi connectivity index (χ2n) is 5.44. The molecule has 20 heavy (non-hydrogen) atoms. The standard InChI is InChI=1S/C12H22N6O2/c1-9-11(18(19)20)12(17(4)14-9)13-7-10-8-15(2)5-6-16(10)3/h10,13H,5-8H2,1-4H3. The maximum Gasteiger partial charge on any atom is 0.333 e. The Morgan fingerprint density at radius 1 is 1.40 bits per heavy atom. The Morgan fingerprint density at radius 2 is 2.10 bits per heavy atom. The molecule has 0 amide bonds. The molecule has 0 spiro atoms. The molecule has 0 aliphatic carbocycles. The van der Waals surface area contributed by atoms with Crippen LogP contribution in [0.1, 0.15) is 5.69 Å². The van der Waals surface area contributed by atoms with E-state index in [1.165, 1.54) is 0 Å². The van der Waals surface area contributed by atoms with Crippen molar-refractivity contribution in [1.29, 1.82) is 0 Å². The molecule has 1 saturated heterocycles. The molecule has 8 heteroatoms. The number of hydrogen-bond donors (Lipinski definition) is 1. The van der Waals surface area contributed by atoms with Gasteiger partial charge in [0, 0.05) is 39.3 Å². The number of nitrogens with one attached hydrogen (secondary N) is 1. The first-order valence-corrected chi connectivity index (χ1v) is 6.70. The summed E-state index contributed by atoms with van der Waals surface area (Å²) in [5, 5.41) is 18.4. The molecule has 1 aromatic heterocycles. The number of aryl methyl sites for hydroxylation is 2. The van der Waals surface area contributed by atoms with Gasteiger partial charge in [-0.2, -0.15) is 5.10 Å². The fraction of sp³-hybridized carbons (Fsp3) is 0.750. The molecule has 0 bridgehead atoms. The molecule has 2 rings (SSSR count). The van der Waals surface area contributed by atoms with Crippen LogP contribution in [0.4, 0.5) is 11.5 Å². The van der Waals surface area contributed by atoms with Crippen LogP contribution < -0.4 is 5.32 Å². The zero-order chi connectivity index (χ0) is 14.9. The molecule has 1 fully saturated rings. The molecule has 2 heterocycles. The smallest absolute Gasteiger partial charge is 0.333 e. The number of rotatable bonds is 4. The molecule has 1 atom stereocenters. The zero-order valence-electron chi connectivity index (χ0n) is 12.5. The van der Waals surface area contributed by atoms with E-state index in [4.69, 9.17) is 0 Å². The Balaban J connectivity index is 2.09. The largest absolute Gasteiger partial charge is 0.363 e. The summed E-state index contributed by atoms with van der Waals surface area (Å²) in [6.07, 6.45) is 0. The highest BCUT2D eigenvalue weighted by Crippen LogP contribution is 2.27. The minimum atomic E-state index is -0.374. The van der Waals surface area contributed by atoms with Crippen LogP contribution in [0.2, 0.25) is 0 Å². The third kappa shape index (κ3) is 2.91. The summed E-state index contributed by atoms with van der Waals surface area (Å²) >= 11 is 0. The second kappa shape index (κ2) is 5.76. The minimum absolute atomic E-state index is 0.0688. The van der Waals surface area contributed by atoms with Gasteiger partial charge in [-0.3, -0.25) is 15.0 Å². The fourth-order valence-electron chi connectivity index (χ4n) is 2.60. The van der Waals surface area contributed by atoms with Gasteiger partial charge in [-0.05, 0) is 21.0 Å². The van der Waals surface area contributed by atoms with E-state index >= 15 is 0 Å². The highest BCUT2D eigenvalue weighted by atomic mass is 16.6. The van der Waals surface area contributed by atoms with Crippen molar-refractivity contribution in [3.63, 3.8) is 0 Å². The van der Waals surface area contributed by atoms with Gasteiger partial charge in [0.25, 0.3) is 0 Å². The van der Waals surface area contributed by atoms with Crippen LogP contribution in [0.25, 0.3) is 0 Å². The Labute approximate surface area is 118 Å². The van der Waals surface area contributed by atoms with E-state index in [0.29, 0.717) is 24.1 Å². The summed E-state index contributed by atoms with van der Waals surface area (Å²) in [6, 6.07) is 0.337. The predicted molar refractivity (Wildman–Crippen MR) is 77.0 cm³/mol. The van der Waals surface area contributed by atoms with E-state index in [1.54, 1.807) is 18.7 Å². The van der Waals surface area contributed by atoms with Gasteiger partial charge in [0.05, 0.1) is 4.92 Å². The summed E-state index contributed by atoms with van der Waals surface area (Å²) < 4.78 is 1.54. The van der Waals surface area contributed by atoms with Gasteiger partial charge in [-0.1, -0.05) is 0 Å². The number of likely N-dealkylation sites (N-methyl/N-ethyl adjacent to an activating group) is 2. The molecule has 1 N–H and O–H groups in total. The highest BCUT2D eigenvalue weighted by Gasteiger charge is 2.26. The molecule has 1 aromatic rings. The van der Waals surface area contributed by atoms with Crippen LogP contribution >= 0.6 is 0 Å². The Hall–Kier alpha value is -1.67. The number of hydrogen-bond acceptors (Lipinski definition) is 6. The predicted octanol–water partition coefficient (Wildman–Crippen LogP) is 0.294. The molecule has 1 aliphatic heterocycles. The molecule has 0 radical (unpaired) electrons. The number of anilines is 1. The molecule has 112 valence electrons. The number of piperazine rings is 1. The molecule has 0 aromatic carbocycles. The van der Waals surface area contributed by atoms with Crippen molar-refractivity contribution in [2.24, 2.45) is 7.05 Å². The summed E-state index contributed by atoms with van der Waals surface area (Å²) in [7, 11) is 5.90. The first-order chi connectivity index (χ1) is 9.40. The van der Waals surface area contributed by atoms with Crippen molar-refractivity contribution in [2.45, 2.75) is 13.0 Å². The maximum atomic E-state index is 11.1. The van der Waals surface area contributed by atoms with Crippen molar-refractivity contribution in [3.05, 3.63) is 15.8 Å². The first-order valence-electron chi connectivity index (χ1n) is 6.70. The van der Waals surface area contributed by atoms with Crippen LogP contribution in [0.3, 0.4) is 0 Å². The van der Waals surface area contributed by atoms with Crippen LogP contribution in [0.15, 0.2) is 0 Å². The normalized spacial score (nSPS) is 21.1. The minimum Gasteiger partial charge on any atom is -0.363 e. The molecular weight excluding hydrogens is 260 g/mol. The van der Waals surface area contributed by atoms with Crippen molar-refractivity contribution < 1.29 is 4.92 Å². The number of nitrogens with zero attached hydrogens (tertiary/aromatic N) is 5. The number of nitro groups is 1. The lowest BCUT2D eigenvalue weighted by atomic mass is 10.2. The zero-order valence-corrected chi connectivity index (χ0v) is 12.5. The topological polar surface area (TPSA) is 79.5 Å². The van der Waals surface area contributed by atoms with Gasteiger partial charge in [0.15, 0.2) is 0 Å². The molecule has 8 nitrogen and oxygen atoms in total. The monoisotopic (exact) mass is 282 g/mol. The average molecular weight is 282 g/mol. The van der Waals surface area contributed by atoms with Gasteiger partial charge in [-0.25, -0.2) is 4.68 Å². The van der Waals surface area contributed by atoms with Crippen LogP contribution in [-0.2, 0) is 7.05 Å². The summed E-state index contributed by atoms with van der Waals surface area (Å²) in [5.41, 5.74) is 0.508. The van der Waals surface area contributed by atoms with E-state index in [1.807, 2.05) is 0 Å². The van der Waals surface area contributed by atoms with Crippen LogP contribution in [0.5, 0.6) is 0 Å². The van der Waals surface area contributed by atoms with Gasteiger partial charge in [0.1, 0.15) is 5.69 Å². The maximum absolute atomic E-state index is 11.1. The lowest BCUT2D eigenvalue weighted by Gasteiger charge is -2.37. The van der Waals surface area contributed by atoms with Crippen LogP contribution in [0, 0.1) is 17.0 Å². The van der Waals surface area contributed by atoms with Gasteiger partial charge < -0.3 is 10.2 Å². The Kier molecular flexibility index (Phi) is 4.24. The SMILES string of the molecule is Cc1nn(C)c(NCC2CN(C)CCN2C)c1[N+](=O)[O-]. The van der Waals surface area contributed by atoms with Crippen molar-refractivity contribution in [3.8, 4) is 0 Å². The first kappa shape index (κ1) is 14.7. The van der Waals surface area contributed by atoms with Gasteiger partial charge in [0.2, 0.25) is 5.82 Å². The van der Waals surface area contributed by atoms with E-state index in [2.05, 4.69) is 34.3 Å². The van der Waals surface area contributed by atoms with Crippen molar-refractivity contribution >= 4 is 11.5 Å². The second-order valence-corrected chi connectivity index (χ2v) is 5.44. The van der Waals surface area contributed by atoms with Gasteiger partial charge >= 0.3 is 5.69 Å². The lowest BCUT2D eigenvalue weighted by molar-refractivity contribution is -0.384. The van der Waals surface area contributed by atoms with Gasteiger partial charge in [-0.15, -0.1) is 0 Å². The van der Waals surface area contributed by atoms with E-state index < -0.39 is 0 Å². The molecule has 0 saturated carbocycles. The van der Waals surface area contributed by atoms with E-state index in [0.717, 1.165) is 19.6 Å². The third-order valence-electron chi connectivity index (χ3n) is 3.86. The highest BCUT2D eigenvalue weighted by molar-refractivity contribution is 5.59. The fourth-order valence-corrected chi connectivity index (χ4v) is 2.60. The van der Waals surface area contributed by atoms with Crippen molar-refractivity contribution in [2.75, 3.05) is 45.6 Å². The Morgan fingerprint density at radius 3 is 2.75 bits per heavy atom. The number of aromatic nitrogens is 2. The molecule has 1 aliphatic rings.